The van der Waals surface area contributed by atoms with Crippen LogP contribution in [0.5, 0.6) is 0 Å². The molecule has 0 amide bonds. The topological polar surface area (TPSA) is 40.7 Å². The Bertz CT molecular complexity index is 939. The van der Waals surface area contributed by atoms with Crippen LogP contribution in [0.3, 0.4) is 0 Å². The highest BCUT2D eigenvalue weighted by Crippen LogP contribution is 2.45. The molecule has 3 heterocycles. The number of rotatable bonds is 3. The van der Waals surface area contributed by atoms with Crippen LogP contribution in [0.1, 0.15) is 52.0 Å². The van der Waals surface area contributed by atoms with Crippen molar-refractivity contribution >= 4 is 0 Å². The van der Waals surface area contributed by atoms with Gasteiger partial charge < -0.3 is 10.3 Å². The Hall–Kier alpha value is -2.46. The van der Waals surface area contributed by atoms with Gasteiger partial charge in [0, 0.05) is 35.2 Å². The second kappa shape index (κ2) is 6.85. The Morgan fingerprint density at radius 1 is 0.893 bits per heavy atom. The van der Waals surface area contributed by atoms with Gasteiger partial charge in [-0.2, -0.15) is 0 Å². The van der Waals surface area contributed by atoms with Crippen molar-refractivity contribution in [2.45, 2.75) is 57.5 Å². The number of aromatic nitrogens is 2. The lowest BCUT2D eigenvalue weighted by atomic mass is 9.72. The zero-order chi connectivity index (χ0) is 19.9. The molecule has 1 aliphatic rings. The van der Waals surface area contributed by atoms with E-state index < -0.39 is 0 Å². The molecule has 0 atom stereocenters. The standard InChI is InChI=1S/C24H28FN3/c1-23(2)13-18(14-24(3,4)28-23)20-15-27-22(17-5-7-19(25)8-6-17)21(20)16-9-11-26-12-10-16/h5-12,15,18,27-28H,13-14H2,1-4H3. The van der Waals surface area contributed by atoms with E-state index in [-0.39, 0.29) is 16.9 Å². The largest absolute Gasteiger partial charge is 0.360 e. The van der Waals surface area contributed by atoms with E-state index in [1.165, 1.54) is 23.3 Å². The molecule has 0 bridgehead atoms. The number of piperidine rings is 1. The molecule has 0 radical (unpaired) electrons. The Kier molecular flexibility index (Phi) is 4.62. The van der Waals surface area contributed by atoms with Gasteiger partial charge in [0.15, 0.2) is 0 Å². The van der Waals surface area contributed by atoms with Gasteiger partial charge in [0.25, 0.3) is 0 Å². The average Bonchev–Trinajstić information content (AvgIpc) is 3.05. The molecule has 1 aromatic carbocycles. The molecule has 1 saturated heterocycles. The fourth-order valence-electron chi connectivity index (χ4n) is 4.98. The average molecular weight is 378 g/mol. The van der Waals surface area contributed by atoms with Gasteiger partial charge in [-0.3, -0.25) is 4.98 Å². The molecule has 2 N–H and O–H groups in total. The number of hydrogen-bond donors (Lipinski definition) is 2. The Labute approximate surface area is 166 Å². The number of benzene rings is 1. The second-order valence-electron chi connectivity index (χ2n) is 9.23. The van der Waals surface area contributed by atoms with Gasteiger partial charge in [0.05, 0.1) is 5.69 Å². The molecule has 1 fully saturated rings. The Morgan fingerprint density at radius 3 is 2.11 bits per heavy atom. The highest BCUT2D eigenvalue weighted by molar-refractivity contribution is 5.84. The molecule has 1 aliphatic heterocycles. The maximum atomic E-state index is 13.5. The quantitative estimate of drug-likeness (QED) is 0.596. The second-order valence-corrected chi connectivity index (χ2v) is 9.23. The fourth-order valence-corrected chi connectivity index (χ4v) is 4.98. The first-order valence-corrected chi connectivity index (χ1v) is 9.91. The zero-order valence-electron chi connectivity index (χ0n) is 17.0. The first kappa shape index (κ1) is 18.9. The van der Waals surface area contributed by atoms with E-state index >= 15 is 0 Å². The summed E-state index contributed by atoms with van der Waals surface area (Å²) >= 11 is 0. The van der Waals surface area contributed by atoms with Gasteiger partial charge in [-0.25, -0.2) is 4.39 Å². The van der Waals surface area contributed by atoms with E-state index in [0.717, 1.165) is 29.7 Å². The van der Waals surface area contributed by atoms with Crippen molar-refractivity contribution in [1.29, 1.82) is 0 Å². The van der Waals surface area contributed by atoms with Crippen LogP contribution in [0.2, 0.25) is 0 Å². The molecular weight excluding hydrogens is 349 g/mol. The monoisotopic (exact) mass is 377 g/mol. The minimum absolute atomic E-state index is 0.0647. The van der Waals surface area contributed by atoms with Crippen LogP contribution in [0, 0.1) is 5.82 Å². The van der Waals surface area contributed by atoms with Crippen molar-refractivity contribution < 1.29 is 4.39 Å². The van der Waals surface area contributed by atoms with Gasteiger partial charge in [0.1, 0.15) is 5.82 Å². The predicted octanol–water partition coefficient (Wildman–Crippen LogP) is 5.91. The van der Waals surface area contributed by atoms with Gasteiger partial charge in [-0.1, -0.05) is 0 Å². The number of H-pyrrole nitrogens is 1. The Balaban J connectivity index is 1.85. The zero-order valence-corrected chi connectivity index (χ0v) is 17.0. The summed E-state index contributed by atoms with van der Waals surface area (Å²) in [6.45, 7) is 9.11. The van der Waals surface area contributed by atoms with Gasteiger partial charge in [-0.05, 0) is 99.5 Å². The number of nitrogens with one attached hydrogen (secondary N) is 2. The molecule has 0 spiro atoms. The van der Waals surface area contributed by atoms with Crippen LogP contribution < -0.4 is 5.32 Å². The molecule has 3 nitrogen and oxygen atoms in total. The molecule has 0 saturated carbocycles. The lowest BCUT2D eigenvalue weighted by Crippen LogP contribution is -2.57. The third kappa shape index (κ3) is 3.74. The summed E-state index contributed by atoms with van der Waals surface area (Å²) in [5.74, 6) is 0.211. The van der Waals surface area contributed by atoms with Gasteiger partial charge in [-0.15, -0.1) is 0 Å². The normalized spacial score (nSPS) is 18.9. The molecule has 2 aromatic heterocycles. The minimum atomic E-state index is -0.220. The van der Waals surface area contributed by atoms with E-state index in [0.29, 0.717) is 5.92 Å². The summed E-state index contributed by atoms with van der Waals surface area (Å²) in [6.07, 6.45) is 7.94. The SMILES string of the molecule is CC1(C)CC(c2c[nH]c(-c3ccc(F)cc3)c2-c2ccncc2)CC(C)(C)N1. The van der Waals surface area contributed by atoms with E-state index in [2.05, 4.69) is 61.3 Å². The number of pyridine rings is 1. The lowest BCUT2D eigenvalue weighted by Gasteiger charge is -2.46. The molecule has 0 unspecified atom stereocenters. The van der Waals surface area contributed by atoms with E-state index in [4.69, 9.17) is 0 Å². The summed E-state index contributed by atoms with van der Waals surface area (Å²) in [4.78, 5) is 7.69. The molecule has 4 rings (SSSR count). The third-order valence-electron chi connectivity index (χ3n) is 5.64. The van der Waals surface area contributed by atoms with Crippen LogP contribution in [0.4, 0.5) is 4.39 Å². The first-order chi connectivity index (χ1) is 13.2. The number of nitrogens with zero attached hydrogens (tertiary/aromatic N) is 1. The molecule has 4 heteroatoms. The van der Waals surface area contributed by atoms with E-state index in [9.17, 15) is 4.39 Å². The van der Waals surface area contributed by atoms with Crippen molar-refractivity contribution in [3.63, 3.8) is 0 Å². The molecule has 0 aliphatic carbocycles. The summed E-state index contributed by atoms with van der Waals surface area (Å²) in [6, 6.07) is 10.8. The fraction of sp³-hybridized carbons (Fsp3) is 0.375. The van der Waals surface area contributed by atoms with Crippen LogP contribution in [-0.2, 0) is 0 Å². The molecular formula is C24H28FN3. The highest BCUT2D eigenvalue weighted by atomic mass is 19.1. The van der Waals surface area contributed by atoms with Crippen LogP contribution in [0.25, 0.3) is 22.4 Å². The first-order valence-electron chi connectivity index (χ1n) is 9.91. The summed E-state index contributed by atoms with van der Waals surface area (Å²) in [5, 5.41) is 3.77. The lowest BCUT2D eigenvalue weighted by molar-refractivity contribution is 0.162. The number of hydrogen-bond acceptors (Lipinski definition) is 2. The van der Waals surface area contributed by atoms with Crippen molar-refractivity contribution in [3.05, 3.63) is 66.4 Å². The summed E-state index contributed by atoms with van der Waals surface area (Å²) in [5.41, 5.74) is 5.83. The van der Waals surface area contributed by atoms with E-state index in [1.807, 2.05) is 24.5 Å². The number of halogens is 1. The molecule has 28 heavy (non-hydrogen) atoms. The molecule has 146 valence electrons. The van der Waals surface area contributed by atoms with Crippen molar-refractivity contribution in [1.82, 2.24) is 15.3 Å². The third-order valence-corrected chi connectivity index (χ3v) is 5.64. The van der Waals surface area contributed by atoms with Crippen molar-refractivity contribution in [2.24, 2.45) is 0 Å². The smallest absolute Gasteiger partial charge is 0.123 e. The number of aromatic amines is 1. The van der Waals surface area contributed by atoms with Crippen molar-refractivity contribution in [3.8, 4) is 22.4 Å². The predicted molar refractivity (Wildman–Crippen MR) is 113 cm³/mol. The molecule has 3 aromatic rings. The highest BCUT2D eigenvalue weighted by Gasteiger charge is 2.39. The summed E-state index contributed by atoms with van der Waals surface area (Å²) < 4.78 is 13.5. The van der Waals surface area contributed by atoms with Gasteiger partial charge in [0.2, 0.25) is 0 Å². The maximum Gasteiger partial charge on any atom is 0.123 e. The maximum absolute atomic E-state index is 13.5. The van der Waals surface area contributed by atoms with Crippen LogP contribution in [-0.4, -0.2) is 21.0 Å². The van der Waals surface area contributed by atoms with E-state index in [1.54, 1.807) is 0 Å². The van der Waals surface area contributed by atoms with Crippen LogP contribution in [0.15, 0.2) is 55.0 Å². The van der Waals surface area contributed by atoms with Gasteiger partial charge >= 0.3 is 0 Å². The summed E-state index contributed by atoms with van der Waals surface area (Å²) in [7, 11) is 0. The van der Waals surface area contributed by atoms with Crippen molar-refractivity contribution in [2.75, 3.05) is 0 Å². The van der Waals surface area contributed by atoms with Crippen LogP contribution >= 0.6 is 0 Å². The minimum Gasteiger partial charge on any atom is -0.360 e. The Morgan fingerprint density at radius 2 is 1.50 bits per heavy atom.